The number of aryl methyl sites for hydroxylation is 1. The van der Waals surface area contributed by atoms with Crippen molar-refractivity contribution in [2.75, 3.05) is 11.6 Å². The monoisotopic (exact) mass is 433 g/mol. The Morgan fingerprint density at radius 3 is 2.32 bits per heavy atom. The zero-order chi connectivity index (χ0) is 18.4. The number of halogens is 4. The molecular weight excluding hydrogens is 420 g/mol. The smallest absolute Gasteiger partial charge is 0.231 e. The first-order chi connectivity index (χ1) is 11.7. The number of anilines is 1. The number of benzene rings is 2. The number of nitrogens with one attached hydrogen (secondary N) is 1. The fourth-order valence-corrected chi connectivity index (χ4v) is 4.95. The fourth-order valence-electron chi connectivity index (χ4n) is 3.00. The Labute approximate surface area is 171 Å². The molecule has 1 N–H and O–H groups in total. The van der Waals surface area contributed by atoms with E-state index in [0.717, 1.165) is 16.8 Å². The third-order valence-corrected chi connectivity index (χ3v) is 6.52. The Hall–Kier alpha value is -0.580. The Morgan fingerprint density at radius 1 is 1.12 bits per heavy atom. The van der Waals surface area contributed by atoms with E-state index in [2.05, 4.69) is 5.32 Å². The van der Waals surface area contributed by atoms with E-state index >= 15 is 0 Å². The van der Waals surface area contributed by atoms with Gasteiger partial charge in [-0.15, -0.1) is 35.0 Å². The average Bonchev–Trinajstić information content (AvgIpc) is 3.09. The first kappa shape index (κ1) is 19.2. The van der Waals surface area contributed by atoms with Crippen LogP contribution in [0.4, 0.5) is 5.69 Å². The Balaban J connectivity index is 1.79. The zero-order valence-corrected chi connectivity index (χ0v) is 17.3. The Morgan fingerprint density at radius 2 is 1.76 bits per heavy atom. The number of thioether (sulfide) groups is 1. The van der Waals surface area contributed by atoms with Crippen LogP contribution >= 0.6 is 58.2 Å². The van der Waals surface area contributed by atoms with E-state index in [1.807, 2.05) is 31.4 Å². The molecule has 0 heterocycles. The first-order valence-electron chi connectivity index (χ1n) is 7.53. The molecule has 0 saturated heterocycles. The van der Waals surface area contributed by atoms with Crippen molar-refractivity contribution in [2.45, 2.75) is 22.1 Å². The van der Waals surface area contributed by atoms with Crippen LogP contribution in [0.15, 0.2) is 41.3 Å². The summed E-state index contributed by atoms with van der Waals surface area (Å²) < 4.78 is -1.17. The molecule has 1 aliphatic carbocycles. The lowest BCUT2D eigenvalue weighted by molar-refractivity contribution is -0.117. The number of rotatable bonds is 4. The highest BCUT2D eigenvalue weighted by Gasteiger charge is 2.67. The summed E-state index contributed by atoms with van der Waals surface area (Å²) in [7, 11) is 0. The van der Waals surface area contributed by atoms with Gasteiger partial charge < -0.3 is 5.32 Å². The van der Waals surface area contributed by atoms with E-state index in [0.29, 0.717) is 10.0 Å². The maximum Gasteiger partial charge on any atom is 0.231 e. The van der Waals surface area contributed by atoms with Crippen molar-refractivity contribution in [3.8, 4) is 0 Å². The van der Waals surface area contributed by atoms with Gasteiger partial charge in [-0.1, -0.05) is 23.2 Å². The number of amides is 1. The second-order valence-electron chi connectivity index (χ2n) is 6.01. The van der Waals surface area contributed by atoms with E-state index in [4.69, 9.17) is 46.4 Å². The summed E-state index contributed by atoms with van der Waals surface area (Å²) in [5.41, 5.74) is 2.58. The lowest BCUT2D eigenvalue weighted by atomic mass is 10.1. The molecule has 0 radical (unpaired) electrons. The highest BCUT2D eigenvalue weighted by atomic mass is 35.5. The van der Waals surface area contributed by atoms with Crippen LogP contribution in [-0.2, 0) is 4.79 Å². The normalized spacial score (nSPS) is 21.0. The topological polar surface area (TPSA) is 29.1 Å². The molecule has 0 aromatic heterocycles. The second kappa shape index (κ2) is 7.21. The molecule has 1 saturated carbocycles. The van der Waals surface area contributed by atoms with Crippen LogP contribution in [0, 0.1) is 12.8 Å². The van der Waals surface area contributed by atoms with Gasteiger partial charge in [-0.2, -0.15) is 0 Å². The molecule has 0 spiro atoms. The summed E-state index contributed by atoms with van der Waals surface area (Å²) in [6.07, 6.45) is 2.01. The number of hydrogen-bond acceptors (Lipinski definition) is 2. The van der Waals surface area contributed by atoms with Gasteiger partial charge in [-0.05, 0) is 60.7 Å². The van der Waals surface area contributed by atoms with Crippen LogP contribution in [0.25, 0.3) is 0 Å². The van der Waals surface area contributed by atoms with Crippen molar-refractivity contribution in [1.29, 1.82) is 0 Å². The molecule has 7 heteroatoms. The van der Waals surface area contributed by atoms with Crippen molar-refractivity contribution >= 4 is 69.8 Å². The van der Waals surface area contributed by atoms with Crippen LogP contribution in [0.5, 0.6) is 0 Å². The predicted molar refractivity (Wildman–Crippen MR) is 109 cm³/mol. The summed E-state index contributed by atoms with van der Waals surface area (Å²) in [4.78, 5) is 13.8. The molecule has 0 bridgehead atoms. The minimum atomic E-state index is -1.17. The molecule has 132 valence electrons. The number of hydrogen-bond donors (Lipinski definition) is 1. The molecule has 1 amide bonds. The summed E-state index contributed by atoms with van der Waals surface area (Å²) in [6.45, 7) is 2.00. The minimum absolute atomic E-state index is 0.220. The van der Waals surface area contributed by atoms with Crippen molar-refractivity contribution in [3.05, 3.63) is 57.6 Å². The highest BCUT2D eigenvalue weighted by molar-refractivity contribution is 7.98. The molecule has 2 atom stereocenters. The molecule has 1 aliphatic rings. The van der Waals surface area contributed by atoms with Gasteiger partial charge in [0.15, 0.2) is 0 Å². The average molecular weight is 435 g/mol. The lowest BCUT2D eigenvalue weighted by Gasteiger charge is -2.08. The maximum atomic E-state index is 12.7. The molecule has 1 fully saturated rings. The SMILES string of the molecule is CSc1ccc(NC(=O)C2C(c3cc(Cl)cc(Cl)c3)C2(Cl)Cl)cc1C. The molecule has 2 aromatic carbocycles. The number of carbonyl (C=O) groups excluding carboxylic acids is 1. The Bertz CT molecular complexity index is 820. The second-order valence-corrected chi connectivity index (χ2v) is 9.17. The van der Waals surface area contributed by atoms with Gasteiger partial charge in [0, 0.05) is 26.5 Å². The number of alkyl halides is 2. The quantitative estimate of drug-likeness (QED) is 0.436. The van der Waals surface area contributed by atoms with E-state index in [9.17, 15) is 4.79 Å². The molecule has 2 unspecified atom stereocenters. The maximum absolute atomic E-state index is 12.7. The highest BCUT2D eigenvalue weighted by Crippen LogP contribution is 2.65. The third kappa shape index (κ3) is 3.91. The van der Waals surface area contributed by atoms with Crippen molar-refractivity contribution < 1.29 is 4.79 Å². The zero-order valence-electron chi connectivity index (χ0n) is 13.4. The van der Waals surface area contributed by atoms with Crippen LogP contribution in [0.3, 0.4) is 0 Å². The molecule has 25 heavy (non-hydrogen) atoms. The van der Waals surface area contributed by atoms with Crippen LogP contribution in [0.2, 0.25) is 10.0 Å². The predicted octanol–water partition coefficient (Wildman–Crippen LogP) is 6.55. The van der Waals surface area contributed by atoms with Gasteiger partial charge in [0.25, 0.3) is 0 Å². The summed E-state index contributed by atoms with van der Waals surface area (Å²) >= 11 is 26.5. The van der Waals surface area contributed by atoms with Crippen molar-refractivity contribution in [2.24, 2.45) is 5.92 Å². The summed E-state index contributed by atoms with van der Waals surface area (Å²) in [5.74, 6) is -1.13. The molecular formula is C18H15Cl4NOS. The van der Waals surface area contributed by atoms with E-state index in [1.54, 1.807) is 30.0 Å². The largest absolute Gasteiger partial charge is 0.326 e. The number of carbonyl (C=O) groups is 1. The summed E-state index contributed by atoms with van der Waals surface area (Å²) in [5, 5.41) is 3.87. The molecule has 2 nitrogen and oxygen atoms in total. The fraction of sp³-hybridized carbons (Fsp3) is 0.278. The van der Waals surface area contributed by atoms with Gasteiger partial charge in [-0.25, -0.2) is 0 Å². The molecule has 0 aliphatic heterocycles. The van der Waals surface area contributed by atoms with Gasteiger partial charge in [-0.3, -0.25) is 4.79 Å². The van der Waals surface area contributed by atoms with Gasteiger partial charge in [0.05, 0.1) is 5.92 Å². The van der Waals surface area contributed by atoms with E-state index in [-0.39, 0.29) is 11.8 Å². The van der Waals surface area contributed by atoms with Gasteiger partial charge in [0.2, 0.25) is 5.91 Å². The van der Waals surface area contributed by atoms with Crippen LogP contribution in [0.1, 0.15) is 17.0 Å². The summed E-state index contributed by atoms with van der Waals surface area (Å²) in [6, 6.07) is 10.9. The van der Waals surface area contributed by atoms with Crippen molar-refractivity contribution in [1.82, 2.24) is 0 Å². The van der Waals surface area contributed by atoms with Crippen LogP contribution < -0.4 is 5.32 Å². The van der Waals surface area contributed by atoms with Gasteiger partial charge in [0.1, 0.15) is 4.33 Å². The van der Waals surface area contributed by atoms with Gasteiger partial charge >= 0.3 is 0 Å². The third-order valence-electron chi connectivity index (χ3n) is 4.24. The van der Waals surface area contributed by atoms with Crippen LogP contribution in [-0.4, -0.2) is 16.5 Å². The lowest BCUT2D eigenvalue weighted by Crippen LogP contribution is -2.17. The van der Waals surface area contributed by atoms with E-state index in [1.165, 1.54) is 4.90 Å². The molecule has 2 aromatic rings. The Kier molecular flexibility index (Phi) is 5.53. The first-order valence-corrected chi connectivity index (χ1v) is 10.3. The molecule has 3 rings (SSSR count). The van der Waals surface area contributed by atoms with E-state index < -0.39 is 10.3 Å². The standard InChI is InChI=1S/C18H15Cl4NOS/c1-9-5-13(3-4-14(9)25-2)23-17(24)16-15(18(16,21)22)10-6-11(19)8-12(20)7-10/h3-8,15-16H,1-2H3,(H,23,24). The van der Waals surface area contributed by atoms with Crippen molar-refractivity contribution in [3.63, 3.8) is 0 Å². The minimum Gasteiger partial charge on any atom is -0.326 e.